The van der Waals surface area contributed by atoms with Crippen molar-refractivity contribution in [2.75, 3.05) is 13.7 Å². The molecule has 0 unspecified atom stereocenters. The van der Waals surface area contributed by atoms with Crippen LogP contribution in [0, 0.1) is 5.92 Å². The summed E-state index contributed by atoms with van der Waals surface area (Å²) >= 11 is 0. The molecule has 8 heteroatoms. The zero-order chi connectivity index (χ0) is 18.5. The summed E-state index contributed by atoms with van der Waals surface area (Å²) < 4.78 is 49.6. The third-order valence-electron chi connectivity index (χ3n) is 3.17. The predicted octanol–water partition coefficient (Wildman–Crippen LogP) is 3.43. The number of aliphatic hydroxyl groups excluding tert-OH is 1. The molecule has 5 nitrogen and oxygen atoms in total. The fourth-order valence-corrected chi connectivity index (χ4v) is 2.06. The van der Waals surface area contributed by atoms with E-state index in [4.69, 9.17) is 9.47 Å². The van der Waals surface area contributed by atoms with E-state index in [2.05, 4.69) is 5.32 Å². The van der Waals surface area contributed by atoms with E-state index in [0.717, 1.165) is 0 Å². The normalized spacial score (nSPS) is 14.7. The number of rotatable bonds is 5. The third kappa shape index (κ3) is 5.92. The quantitative estimate of drug-likeness (QED) is 0.855. The molecular formula is C16H22F3NO4. The van der Waals surface area contributed by atoms with Gasteiger partial charge in [0.05, 0.1) is 19.8 Å². The Labute approximate surface area is 138 Å². The van der Waals surface area contributed by atoms with Crippen LogP contribution in [0.3, 0.4) is 0 Å². The van der Waals surface area contributed by atoms with Gasteiger partial charge >= 0.3 is 12.3 Å². The number of amides is 1. The zero-order valence-corrected chi connectivity index (χ0v) is 14.0. The molecule has 0 aliphatic rings. The Bertz CT molecular complexity index is 538. The summed E-state index contributed by atoms with van der Waals surface area (Å²) in [7, 11) is 1.43. The molecule has 0 fully saturated rings. The van der Waals surface area contributed by atoms with E-state index in [-0.39, 0.29) is 5.56 Å². The first-order chi connectivity index (χ1) is 11.0. The van der Waals surface area contributed by atoms with Gasteiger partial charge in [-0.3, -0.25) is 0 Å². The van der Waals surface area contributed by atoms with Gasteiger partial charge in [-0.05, 0) is 38.5 Å². The second-order valence-corrected chi connectivity index (χ2v) is 6.23. The van der Waals surface area contributed by atoms with Crippen LogP contribution in [0.4, 0.5) is 18.0 Å². The first kappa shape index (κ1) is 20.1. The summed E-state index contributed by atoms with van der Waals surface area (Å²) in [6.07, 6.45) is -5.69. The first-order valence-electron chi connectivity index (χ1n) is 7.29. The number of alkyl carbamates (subject to hydrolysis) is 1. The number of methoxy groups -OCH3 is 1. The van der Waals surface area contributed by atoms with Gasteiger partial charge in [0.2, 0.25) is 0 Å². The number of ether oxygens (including phenoxy) is 2. The minimum absolute atomic E-state index is 0.179. The molecule has 1 aromatic rings. The molecule has 1 amide bonds. The van der Waals surface area contributed by atoms with Crippen LogP contribution in [0.1, 0.15) is 32.4 Å². The molecule has 24 heavy (non-hydrogen) atoms. The lowest BCUT2D eigenvalue weighted by atomic mass is 9.93. The molecular weight excluding hydrogens is 327 g/mol. The summed E-state index contributed by atoms with van der Waals surface area (Å²) in [4.78, 5) is 11.9. The largest absolute Gasteiger partial charge is 0.497 e. The predicted molar refractivity (Wildman–Crippen MR) is 81.7 cm³/mol. The molecule has 1 aromatic carbocycles. The summed E-state index contributed by atoms with van der Waals surface area (Å²) in [6.45, 7) is 3.63. The van der Waals surface area contributed by atoms with Gasteiger partial charge in [0.25, 0.3) is 0 Å². The Kier molecular flexibility index (Phi) is 6.48. The van der Waals surface area contributed by atoms with E-state index in [0.29, 0.717) is 5.75 Å². The van der Waals surface area contributed by atoms with Crippen LogP contribution in [-0.2, 0) is 4.74 Å². The van der Waals surface area contributed by atoms with Crippen molar-refractivity contribution < 1.29 is 32.5 Å². The van der Waals surface area contributed by atoms with Crippen LogP contribution in [0.15, 0.2) is 24.3 Å². The maximum absolute atomic E-state index is 13.2. The van der Waals surface area contributed by atoms with Crippen molar-refractivity contribution in [2.45, 2.75) is 38.6 Å². The number of hydrogen-bond donors (Lipinski definition) is 2. The third-order valence-corrected chi connectivity index (χ3v) is 3.17. The van der Waals surface area contributed by atoms with Gasteiger partial charge in [0.1, 0.15) is 17.3 Å². The maximum atomic E-state index is 13.2. The van der Waals surface area contributed by atoms with Gasteiger partial charge < -0.3 is 19.9 Å². The molecule has 0 aliphatic heterocycles. The lowest BCUT2D eigenvalue weighted by molar-refractivity contribution is -0.192. The molecule has 0 aliphatic carbocycles. The second-order valence-electron chi connectivity index (χ2n) is 6.23. The summed E-state index contributed by atoms with van der Waals surface area (Å²) in [5.74, 6) is -1.71. The van der Waals surface area contributed by atoms with Crippen LogP contribution < -0.4 is 10.1 Å². The number of aliphatic hydroxyl groups is 1. The van der Waals surface area contributed by atoms with Crippen molar-refractivity contribution >= 4 is 6.09 Å². The van der Waals surface area contributed by atoms with Gasteiger partial charge in [0, 0.05) is 0 Å². The standard InChI is InChI=1S/C16H22F3NO4/c1-15(2,3)24-14(22)20-13(12(9-21)16(17,18)19)10-5-7-11(23-4)8-6-10/h5-8,12-13,21H,9H2,1-4H3,(H,20,22)/t12-,13-/m1/s1. The molecule has 2 N–H and O–H groups in total. The van der Waals surface area contributed by atoms with Crippen molar-refractivity contribution in [3.05, 3.63) is 29.8 Å². The Balaban J connectivity index is 3.12. The Morgan fingerprint density at radius 3 is 2.12 bits per heavy atom. The fourth-order valence-electron chi connectivity index (χ4n) is 2.06. The van der Waals surface area contributed by atoms with Crippen molar-refractivity contribution in [3.8, 4) is 5.75 Å². The number of benzene rings is 1. The van der Waals surface area contributed by atoms with E-state index >= 15 is 0 Å². The molecule has 0 radical (unpaired) electrons. The van der Waals surface area contributed by atoms with Crippen LogP contribution in [-0.4, -0.2) is 36.7 Å². The van der Waals surface area contributed by atoms with Gasteiger partial charge in [-0.25, -0.2) is 4.79 Å². The van der Waals surface area contributed by atoms with Gasteiger partial charge in [-0.2, -0.15) is 13.2 Å². The minimum atomic E-state index is -4.70. The molecule has 0 heterocycles. The van der Waals surface area contributed by atoms with Crippen LogP contribution in [0.5, 0.6) is 5.75 Å². The Morgan fingerprint density at radius 1 is 1.21 bits per heavy atom. The molecule has 0 spiro atoms. The minimum Gasteiger partial charge on any atom is -0.497 e. The number of halogens is 3. The van der Waals surface area contributed by atoms with E-state index < -0.39 is 36.4 Å². The highest BCUT2D eigenvalue weighted by Gasteiger charge is 2.45. The van der Waals surface area contributed by atoms with E-state index in [1.165, 1.54) is 31.4 Å². The summed E-state index contributed by atoms with van der Waals surface area (Å²) in [6, 6.07) is 4.26. The van der Waals surface area contributed by atoms with E-state index in [9.17, 15) is 23.1 Å². The van der Waals surface area contributed by atoms with Gasteiger partial charge in [0.15, 0.2) is 0 Å². The molecule has 1 rings (SSSR count). The SMILES string of the molecule is COc1ccc([C@@H](NC(=O)OC(C)(C)C)[C@@H](CO)C(F)(F)F)cc1. The maximum Gasteiger partial charge on any atom is 0.408 e. The van der Waals surface area contributed by atoms with Crippen molar-refractivity contribution in [3.63, 3.8) is 0 Å². The molecule has 0 saturated carbocycles. The molecule has 2 atom stereocenters. The van der Waals surface area contributed by atoms with Crippen LogP contribution in [0.25, 0.3) is 0 Å². The number of nitrogens with one attached hydrogen (secondary N) is 1. The van der Waals surface area contributed by atoms with Crippen molar-refractivity contribution in [2.24, 2.45) is 5.92 Å². The average Bonchev–Trinajstić information content (AvgIpc) is 2.43. The Morgan fingerprint density at radius 2 is 1.75 bits per heavy atom. The lowest BCUT2D eigenvalue weighted by Gasteiger charge is -2.30. The molecule has 136 valence electrons. The Hall–Kier alpha value is -1.96. The highest BCUT2D eigenvalue weighted by Crippen LogP contribution is 2.36. The molecule has 0 bridgehead atoms. The van der Waals surface area contributed by atoms with Gasteiger partial charge in [-0.1, -0.05) is 12.1 Å². The summed E-state index contributed by atoms with van der Waals surface area (Å²) in [5.41, 5.74) is -0.681. The highest BCUT2D eigenvalue weighted by molar-refractivity contribution is 5.68. The van der Waals surface area contributed by atoms with Crippen LogP contribution in [0.2, 0.25) is 0 Å². The molecule has 0 saturated heterocycles. The zero-order valence-electron chi connectivity index (χ0n) is 14.0. The monoisotopic (exact) mass is 349 g/mol. The van der Waals surface area contributed by atoms with Crippen LogP contribution >= 0.6 is 0 Å². The number of carbonyl (C=O) groups excluding carboxylic acids is 1. The van der Waals surface area contributed by atoms with E-state index in [1.807, 2.05) is 0 Å². The smallest absolute Gasteiger partial charge is 0.408 e. The lowest BCUT2D eigenvalue weighted by Crippen LogP contribution is -2.43. The average molecular weight is 349 g/mol. The van der Waals surface area contributed by atoms with Gasteiger partial charge in [-0.15, -0.1) is 0 Å². The van der Waals surface area contributed by atoms with Crippen molar-refractivity contribution in [1.82, 2.24) is 5.32 Å². The number of carbonyl (C=O) groups is 1. The second kappa shape index (κ2) is 7.74. The fraction of sp³-hybridized carbons (Fsp3) is 0.562. The first-order valence-corrected chi connectivity index (χ1v) is 7.29. The molecule has 0 aromatic heterocycles. The number of hydrogen-bond acceptors (Lipinski definition) is 4. The van der Waals surface area contributed by atoms with Crippen molar-refractivity contribution in [1.29, 1.82) is 0 Å². The topological polar surface area (TPSA) is 67.8 Å². The highest BCUT2D eigenvalue weighted by atomic mass is 19.4. The van der Waals surface area contributed by atoms with E-state index in [1.54, 1.807) is 20.8 Å². The number of alkyl halides is 3. The summed E-state index contributed by atoms with van der Waals surface area (Å²) in [5, 5.41) is 11.4.